The summed E-state index contributed by atoms with van der Waals surface area (Å²) < 4.78 is 25.4. The fourth-order valence-electron chi connectivity index (χ4n) is 1.62. The van der Waals surface area contributed by atoms with Crippen molar-refractivity contribution in [2.45, 2.75) is 39.3 Å². The molecule has 2 rings (SSSR count). The fraction of sp³-hybridized carbons (Fsp3) is 0.700. The number of nitrogens with zero attached hydrogens (tertiary/aromatic N) is 2. The lowest BCUT2D eigenvalue weighted by Gasteiger charge is -2.19. The van der Waals surface area contributed by atoms with Crippen LogP contribution < -0.4 is 0 Å². The molecule has 0 aliphatic heterocycles. The topological polar surface area (TPSA) is 50.3 Å². The van der Waals surface area contributed by atoms with Crippen LogP contribution in [0, 0.1) is 6.92 Å². The summed E-state index contributed by atoms with van der Waals surface area (Å²) in [6.45, 7) is 4.06. The minimum absolute atomic E-state index is 0.173. The minimum atomic E-state index is -3.09. The molecule has 1 aromatic rings. The molecule has 0 amide bonds. The monoisotopic (exact) mass is 260 g/mol. The zero-order valence-electron chi connectivity index (χ0n) is 9.51. The predicted molar refractivity (Wildman–Crippen MR) is 64.9 cm³/mol. The number of rotatable bonds is 5. The molecule has 1 aliphatic rings. The van der Waals surface area contributed by atoms with Crippen molar-refractivity contribution in [2.24, 2.45) is 0 Å². The molecule has 4 nitrogen and oxygen atoms in total. The highest BCUT2D eigenvalue weighted by molar-refractivity contribution is 7.89. The molecule has 1 aliphatic carbocycles. The van der Waals surface area contributed by atoms with Gasteiger partial charge in [0, 0.05) is 11.4 Å². The van der Waals surface area contributed by atoms with Crippen molar-refractivity contribution in [3.05, 3.63) is 16.1 Å². The van der Waals surface area contributed by atoms with E-state index in [-0.39, 0.29) is 11.8 Å². The van der Waals surface area contributed by atoms with Gasteiger partial charge >= 0.3 is 0 Å². The molecule has 0 radical (unpaired) electrons. The van der Waals surface area contributed by atoms with Crippen LogP contribution in [0.4, 0.5) is 0 Å². The number of hydrogen-bond donors (Lipinski definition) is 0. The molecule has 0 N–H and O–H groups in total. The summed E-state index contributed by atoms with van der Waals surface area (Å²) in [6.07, 6.45) is 1.98. The average Bonchev–Trinajstić information content (AvgIpc) is 2.99. The first kappa shape index (κ1) is 12.0. The van der Waals surface area contributed by atoms with Gasteiger partial charge in [-0.05, 0) is 26.7 Å². The molecular weight excluding hydrogens is 244 g/mol. The number of aryl methyl sites for hydroxylation is 1. The number of sulfonamides is 1. The second kappa shape index (κ2) is 4.43. The van der Waals surface area contributed by atoms with Crippen LogP contribution in [0.5, 0.6) is 0 Å². The van der Waals surface area contributed by atoms with Crippen LogP contribution in [-0.2, 0) is 16.6 Å². The molecule has 0 bridgehead atoms. The van der Waals surface area contributed by atoms with E-state index in [0.717, 1.165) is 23.5 Å². The molecule has 1 heterocycles. The summed E-state index contributed by atoms with van der Waals surface area (Å²) in [7, 11) is -3.09. The Morgan fingerprint density at radius 3 is 2.69 bits per heavy atom. The smallest absolute Gasteiger partial charge is 0.214 e. The molecule has 16 heavy (non-hydrogen) atoms. The summed E-state index contributed by atoms with van der Waals surface area (Å²) in [5.74, 6) is 0.173. The Labute approximate surface area is 100 Å². The van der Waals surface area contributed by atoms with E-state index in [2.05, 4.69) is 4.98 Å². The lowest BCUT2D eigenvalue weighted by molar-refractivity contribution is 0.396. The fourth-order valence-corrected chi connectivity index (χ4v) is 3.55. The Morgan fingerprint density at radius 2 is 2.25 bits per heavy atom. The maximum Gasteiger partial charge on any atom is 0.214 e. The van der Waals surface area contributed by atoms with E-state index in [0.29, 0.717) is 6.54 Å². The number of hydrogen-bond acceptors (Lipinski definition) is 4. The molecule has 0 atom stereocenters. The van der Waals surface area contributed by atoms with E-state index >= 15 is 0 Å². The van der Waals surface area contributed by atoms with E-state index in [4.69, 9.17) is 0 Å². The van der Waals surface area contributed by atoms with Crippen LogP contribution in [0.25, 0.3) is 0 Å². The molecule has 1 aromatic heterocycles. The van der Waals surface area contributed by atoms with Gasteiger partial charge < -0.3 is 0 Å². The highest BCUT2D eigenvalue weighted by atomic mass is 32.2. The second-order valence-corrected chi connectivity index (χ2v) is 7.31. The lowest BCUT2D eigenvalue weighted by atomic mass is 10.4. The molecular formula is C10H16N2O2S2. The van der Waals surface area contributed by atoms with Gasteiger partial charge in [0.05, 0.1) is 23.0 Å². The summed E-state index contributed by atoms with van der Waals surface area (Å²) in [5, 5.41) is 2.93. The van der Waals surface area contributed by atoms with Gasteiger partial charge in [-0.2, -0.15) is 4.31 Å². The Bertz CT molecular complexity index is 463. The van der Waals surface area contributed by atoms with Gasteiger partial charge in [-0.1, -0.05) is 0 Å². The third kappa shape index (κ3) is 2.61. The predicted octanol–water partition coefficient (Wildman–Crippen LogP) is 1.77. The third-order valence-corrected chi connectivity index (χ3v) is 5.35. The molecule has 6 heteroatoms. The molecule has 0 unspecified atom stereocenters. The summed E-state index contributed by atoms with van der Waals surface area (Å²) in [5.41, 5.74) is 0.867. The van der Waals surface area contributed by atoms with Gasteiger partial charge in [-0.25, -0.2) is 13.4 Å². The SMILES string of the molecule is CCS(=O)(=O)N(Cc1csc(C)n1)C1CC1. The summed E-state index contributed by atoms with van der Waals surface area (Å²) in [4.78, 5) is 4.32. The zero-order valence-corrected chi connectivity index (χ0v) is 11.1. The van der Waals surface area contributed by atoms with Gasteiger partial charge in [0.1, 0.15) is 0 Å². The van der Waals surface area contributed by atoms with Gasteiger partial charge in [0.25, 0.3) is 0 Å². The van der Waals surface area contributed by atoms with E-state index in [9.17, 15) is 8.42 Å². The lowest BCUT2D eigenvalue weighted by Crippen LogP contribution is -2.33. The second-order valence-electron chi connectivity index (χ2n) is 4.03. The van der Waals surface area contributed by atoms with Crippen LogP contribution in [0.15, 0.2) is 5.38 Å². The van der Waals surface area contributed by atoms with Crippen molar-refractivity contribution in [1.29, 1.82) is 0 Å². The van der Waals surface area contributed by atoms with Crippen molar-refractivity contribution in [3.63, 3.8) is 0 Å². The normalized spacial score (nSPS) is 16.9. The van der Waals surface area contributed by atoms with Crippen LogP contribution in [0.3, 0.4) is 0 Å². The van der Waals surface area contributed by atoms with Gasteiger partial charge in [0.15, 0.2) is 0 Å². The Morgan fingerprint density at radius 1 is 1.56 bits per heavy atom. The van der Waals surface area contributed by atoms with Crippen molar-refractivity contribution < 1.29 is 8.42 Å². The van der Waals surface area contributed by atoms with Gasteiger partial charge in [0.2, 0.25) is 10.0 Å². The first-order valence-electron chi connectivity index (χ1n) is 5.43. The maximum atomic E-state index is 11.9. The number of thiazole rings is 1. The number of aromatic nitrogens is 1. The summed E-state index contributed by atoms with van der Waals surface area (Å²) >= 11 is 1.56. The van der Waals surface area contributed by atoms with Crippen molar-refractivity contribution in [3.8, 4) is 0 Å². The van der Waals surface area contributed by atoms with Crippen LogP contribution in [0.1, 0.15) is 30.5 Å². The van der Waals surface area contributed by atoms with Crippen molar-refractivity contribution >= 4 is 21.4 Å². The van der Waals surface area contributed by atoms with Crippen LogP contribution >= 0.6 is 11.3 Å². The van der Waals surface area contributed by atoms with Crippen molar-refractivity contribution in [2.75, 3.05) is 5.75 Å². The Balaban J connectivity index is 2.15. The standard InChI is InChI=1S/C10H16N2O2S2/c1-3-16(13,14)12(10-4-5-10)6-9-7-15-8(2)11-9/h7,10H,3-6H2,1-2H3. The average molecular weight is 260 g/mol. The molecule has 0 spiro atoms. The molecule has 90 valence electrons. The molecule has 0 saturated heterocycles. The van der Waals surface area contributed by atoms with Gasteiger partial charge in [-0.15, -0.1) is 11.3 Å². The highest BCUT2D eigenvalue weighted by Gasteiger charge is 2.36. The maximum absolute atomic E-state index is 11.9. The van der Waals surface area contributed by atoms with Gasteiger partial charge in [-0.3, -0.25) is 0 Å². The van der Waals surface area contributed by atoms with Crippen molar-refractivity contribution in [1.82, 2.24) is 9.29 Å². The summed E-state index contributed by atoms with van der Waals surface area (Å²) in [6, 6.07) is 0.215. The molecule has 1 saturated carbocycles. The zero-order chi connectivity index (χ0) is 11.8. The first-order valence-corrected chi connectivity index (χ1v) is 7.92. The quantitative estimate of drug-likeness (QED) is 0.810. The Kier molecular flexibility index (Phi) is 3.32. The highest BCUT2D eigenvalue weighted by Crippen LogP contribution is 2.31. The van der Waals surface area contributed by atoms with Crippen LogP contribution in [0.2, 0.25) is 0 Å². The van der Waals surface area contributed by atoms with E-state index in [1.807, 2.05) is 12.3 Å². The van der Waals surface area contributed by atoms with E-state index in [1.54, 1.807) is 22.6 Å². The molecule has 0 aromatic carbocycles. The first-order chi connectivity index (χ1) is 7.53. The van der Waals surface area contributed by atoms with E-state index < -0.39 is 10.0 Å². The van der Waals surface area contributed by atoms with Crippen LogP contribution in [-0.4, -0.2) is 29.5 Å². The molecule has 1 fully saturated rings. The minimum Gasteiger partial charge on any atom is -0.245 e. The largest absolute Gasteiger partial charge is 0.245 e. The van der Waals surface area contributed by atoms with E-state index in [1.165, 1.54) is 0 Å². The Hall–Kier alpha value is -0.460. The third-order valence-electron chi connectivity index (χ3n) is 2.66.